The highest BCUT2D eigenvalue weighted by molar-refractivity contribution is 7.13. The Hall–Kier alpha value is -3.07. The third kappa shape index (κ3) is 4.96. The zero-order valence-electron chi connectivity index (χ0n) is 13.2. The number of nitrogens with zero attached hydrogens (tertiary/aromatic N) is 2. The molecule has 9 heteroatoms. The van der Waals surface area contributed by atoms with Crippen molar-refractivity contribution >= 4 is 23.4 Å². The molecule has 0 unspecified atom stereocenters. The van der Waals surface area contributed by atoms with Crippen molar-refractivity contribution in [2.24, 2.45) is 0 Å². The van der Waals surface area contributed by atoms with E-state index in [0.717, 1.165) is 4.88 Å². The summed E-state index contributed by atoms with van der Waals surface area (Å²) in [5, 5.41) is 5.70. The van der Waals surface area contributed by atoms with Gasteiger partial charge < -0.3 is 14.0 Å². The Bertz CT molecular complexity index is 877. The standard InChI is InChI=1S/C17H12F2N2O4S/c18-17(19)24-12-6-3-11(4-7-12)5-8-15(22)23-10-14-20-16(21-25-14)13-2-1-9-26-13/h1-9,17H,10H2/b8-5+. The van der Waals surface area contributed by atoms with Crippen molar-refractivity contribution in [3.8, 4) is 16.5 Å². The monoisotopic (exact) mass is 378 g/mol. The summed E-state index contributed by atoms with van der Waals surface area (Å²) in [4.78, 5) is 16.7. The SMILES string of the molecule is O=C(/C=C/c1ccc(OC(F)F)cc1)OCc1nc(-c2cccs2)no1. The van der Waals surface area contributed by atoms with E-state index in [0.29, 0.717) is 11.4 Å². The van der Waals surface area contributed by atoms with Gasteiger partial charge in [-0.25, -0.2) is 4.79 Å². The summed E-state index contributed by atoms with van der Waals surface area (Å²) in [6.45, 7) is -3.03. The molecule has 3 rings (SSSR count). The van der Waals surface area contributed by atoms with Gasteiger partial charge in [-0.05, 0) is 35.2 Å². The Kier molecular flexibility index (Phi) is 5.69. The molecule has 26 heavy (non-hydrogen) atoms. The summed E-state index contributed by atoms with van der Waals surface area (Å²) in [6.07, 6.45) is 2.69. The molecule has 134 valence electrons. The average molecular weight is 378 g/mol. The van der Waals surface area contributed by atoms with Gasteiger partial charge in [0.25, 0.3) is 5.89 Å². The Morgan fingerprint density at radius 2 is 2.08 bits per heavy atom. The third-order valence-electron chi connectivity index (χ3n) is 3.06. The first-order valence-corrected chi connectivity index (χ1v) is 8.24. The maximum atomic E-state index is 12.1. The maximum Gasteiger partial charge on any atom is 0.387 e. The van der Waals surface area contributed by atoms with Crippen LogP contribution in [0.4, 0.5) is 8.78 Å². The van der Waals surface area contributed by atoms with Gasteiger partial charge in [0.2, 0.25) is 5.82 Å². The van der Waals surface area contributed by atoms with Crippen LogP contribution in [-0.4, -0.2) is 22.7 Å². The number of thiophene rings is 1. The molecule has 0 amide bonds. The predicted octanol–water partition coefficient (Wildman–Crippen LogP) is 4.16. The summed E-state index contributed by atoms with van der Waals surface area (Å²) in [7, 11) is 0. The lowest BCUT2D eigenvalue weighted by molar-refractivity contribution is -0.139. The number of benzene rings is 1. The quantitative estimate of drug-likeness (QED) is 0.454. The fourth-order valence-electron chi connectivity index (χ4n) is 1.92. The molecule has 6 nitrogen and oxygen atoms in total. The van der Waals surface area contributed by atoms with Gasteiger partial charge in [-0.15, -0.1) is 11.3 Å². The second-order valence-electron chi connectivity index (χ2n) is 4.88. The van der Waals surface area contributed by atoms with E-state index < -0.39 is 12.6 Å². The lowest BCUT2D eigenvalue weighted by Crippen LogP contribution is -2.01. The molecule has 0 aliphatic rings. The molecule has 1 aromatic carbocycles. The zero-order chi connectivity index (χ0) is 18.4. The molecule has 0 aliphatic heterocycles. The van der Waals surface area contributed by atoms with Crippen LogP contribution in [0.1, 0.15) is 11.5 Å². The highest BCUT2D eigenvalue weighted by Crippen LogP contribution is 2.21. The Morgan fingerprint density at radius 1 is 1.27 bits per heavy atom. The number of alkyl halides is 2. The molecule has 0 N–H and O–H groups in total. The highest BCUT2D eigenvalue weighted by Gasteiger charge is 2.10. The lowest BCUT2D eigenvalue weighted by Gasteiger charge is -2.03. The van der Waals surface area contributed by atoms with Gasteiger partial charge in [0, 0.05) is 6.08 Å². The van der Waals surface area contributed by atoms with Crippen molar-refractivity contribution in [1.82, 2.24) is 10.1 Å². The van der Waals surface area contributed by atoms with Gasteiger partial charge in [-0.3, -0.25) is 0 Å². The van der Waals surface area contributed by atoms with Gasteiger partial charge in [-0.1, -0.05) is 23.4 Å². The highest BCUT2D eigenvalue weighted by atomic mass is 32.1. The van der Waals surface area contributed by atoms with Crippen LogP contribution in [0.2, 0.25) is 0 Å². The first kappa shape index (κ1) is 17.7. The molecule has 2 heterocycles. The Balaban J connectivity index is 1.50. The minimum Gasteiger partial charge on any atom is -0.452 e. The molecule has 2 aromatic heterocycles. The van der Waals surface area contributed by atoms with Crippen LogP contribution in [-0.2, 0) is 16.1 Å². The zero-order valence-corrected chi connectivity index (χ0v) is 14.0. The van der Waals surface area contributed by atoms with E-state index in [1.807, 2.05) is 17.5 Å². The van der Waals surface area contributed by atoms with Gasteiger partial charge in [0.05, 0.1) is 4.88 Å². The predicted molar refractivity (Wildman–Crippen MR) is 89.5 cm³/mol. The van der Waals surface area contributed by atoms with E-state index >= 15 is 0 Å². The van der Waals surface area contributed by atoms with Crippen LogP contribution in [0.25, 0.3) is 16.8 Å². The topological polar surface area (TPSA) is 74.5 Å². The largest absolute Gasteiger partial charge is 0.452 e. The number of hydrogen-bond acceptors (Lipinski definition) is 7. The van der Waals surface area contributed by atoms with Crippen LogP contribution >= 0.6 is 11.3 Å². The van der Waals surface area contributed by atoms with Crippen LogP contribution in [0.3, 0.4) is 0 Å². The van der Waals surface area contributed by atoms with Crippen molar-refractivity contribution in [3.63, 3.8) is 0 Å². The van der Waals surface area contributed by atoms with E-state index in [4.69, 9.17) is 9.26 Å². The van der Waals surface area contributed by atoms with Crippen LogP contribution in [0.5, 0.6) is 5.75 Å². The van der Waals surface area contributed by atoms with E-state index in [1.165, 1.54) is 47.8 Å². The number of hydrogen-bond donors (Lipinski definition) is 0. The smallest absolute Gasteiger partial charge is 0.387 e. The Morgan fingerprint density at radius 3 is 2.77 bits per heavy atom. The van der Waals surface area contributed by atoms with Crippen molar-refractivity contribution in [2.45, 2.75) is 13.2 Å². The van der Waals surface area contributed by atoms with Gasteiger partial charge in [-0.2, -0.15) is 13.8 Å². The molecule has 0 fully saturated rings. The first-order valence-electron chi connectivity index (χ1n) is 7.36. The minimum atomic E-state index is -2.88. The Labute approximate surface area is 150 Å². The van der Waals surface area contributed by atoms with Crippen molar-refractivity contribution in [2.75, 3.05) is 0 Å². The molecule has 0 aliphatic carbocycles. The molecule has 0 bridgehead atoms. The summed E-state index contributed by atoms with van der Waals surface area (Å²) in [5.41, 5.74) is 0.626. The average Bonchev–Trinajstić information content (AvgIpc) is 3.30. The molecule has 0 spiro atoms. The molecule has 0 atom stereocenters. The molecule has 0 radical (unpaired) electrons. The van der Waals surface area contributed by atoms with Gasteiger partial charge in [0.1, 0.15) is 5.75 Å². The fourth-order valence-corrected chi connectivity index (χ4v) is 2.57. The second-order valence-corrected chi connectivity index (χ2v) is 5.83. The second kappa shape index (κ2) is 8.34. The molecule has 0 saturated carbocycles. The van der Waals surface area contributed by atoms with E-state index in [-0.39, 0.29) is 18.2 Å². The number of carbonyl (C=O) groups is 1. The summed E-state index contributed by atoms with van der Waals surface area (Å²) < 4.78 is 38.4. The first-order chi connectivity index (χ1) is 12.6. The number of esters is 1. The van der Waals surface area contributed by atoms with Crippen LogP contribution in [0, 0.1) is 0 Å². The van der Waals surface area contributed by atoms with Gasteiger partial charge >= 0.3 is 12.6 Å². The molecular weight excluding hydrogens is 366 g/mol. The van der Waals surface area contributed by atoms with E-state index in [9.17, 15) is 13.6 Å². The normalized spacial score (nSPS) is 11.2. The molecule has 0 saturated heterocycles. The van der Waals surface area contributed by atoms with Crippen molar-refractivity contribution in [3.05, 3.63) is 59.3 Å². The number of rotatable bonds is 7. The summed E-state index contributed by atoms with van der Waals surface area (Å²) >= 11 is 1.47. The number of halogens is 2. The van der Waals surface area contributed by atoms with Crippen molar-refractivity contribution < 1.29 is 27.6 Å². The van der Waals surface area contributed by atoms with Crippen molar-refractivity contribution in [1.29, 1.82) is 0 Å². The van der Waals surface area contributed by atoms with Crippen LogP contribution < -0.4 is 4.74 Å². The minimum absolute atomic E-state index is 0.0395. The number of ether oxygens (including phenoxy) is 2. The number of aromatic nitrogens is 2. The van der Waals surface area contributed by atoms with Crippen LogP contribution in [0.15, 0.2) is 52.4 Å². The van der Waals surface area contributed by atoms with E-state index in [1.54, 1.807) is 0 Å². The molecule has 3 aromatic rings. The van der Waals surface area contributed by atoms with Gasteiger partial charge in [0.15, 0.2) is 6.61 Å². The lowest BCUT2D eigenvalue weighted by atomic mass is 10.2. The third-order valence-corrected chi connectivity index (χ3v) is 3.93. The summed E-state index contributed by atoms with van der Waals surface area (Å²) in [5.74, 6) is 0.0581. The number of carbonyl (C=O) groups excluding carboxylic acids is 1. The maximum absolute atomic E-state index is 12.1. The molecular formula is C17H12F2N2O4S. The fraction of sp³-hybridized carbons (Fsp3) is 0.118. The van der Waals surface area contributed by atoms with E-state index in [2.05, 4.69) is 14.9 Å². The summed E-state index contributed by atoms with van der Waals surface area (Å²) in [6, 6.07) is 9.54.